The maximum atomic E-state index is 12.1. The summed E-state index contributed by atoms with van der Waals surface area (Å²) in [5.41, 5.74) is 5.11. The summed E-state index contributed by atoms with van der Waals surface area (Å²) in [4.78, 5) is 16.4. The van der Waals surface area contributed by atoms with Gasteiger partial charge >= 0.3 is 0 Å². The molecule has 1 saturated heterocycles. The number of carbonyl (C=O) groups excluding carboxylic acids is 1. The molecule has 100 valence electrons. The summed E-state index contributed by atoms with van der Waals surface area (Å²) in [6.45, 7) is 9.13. The number of hydrogen-bond donors (Lipinski definition) is 1. The highest BCUT2D eigenvalue weighted by atomic mass is 16.2. The quantitative estimate of drug-likeness (QED) is 0.800. The molecule has 0 aromatic heterocycles. The van der Waals surface area contributed by atoms with Crippen LogP contribution in [0.2, 0.25) is 0 Å². The van der Waals surface area contributed by atoms with Crippen molar-refractivity contribution < 1.29 is 4.79 Å². The Bertz CT molecular complexity index is 252. The topological polar surface area (TPSA) is 49.6 Å². The van der Waals surface area contributed by atoms with Gasteiger partial charge in [0.15, 0.2) is 0 Å². The van der Waals surface area contributed by atoms with E-state index < -0.39 is 5.54 Å². The van der Waals surface area contributed by atoms with Crippen LogP contribution in [0.15, 0.2) is 0 Å². The molecule has 0 atom stereocenters. The van der Waals surface area contributed by atoms with Gasteiger partial charge in [-0.05, 0) is 39.7 Å². The number of likely N-dealkylation sites (N-methyl/N-ethyl adjacent to an activating group) is 1. The Kier molecular flexibility index (Phi) is 4.95. The van der Waals surface area contributed by atoms with Gasteiger partial charge in [0.1, 0.15) is 0 Å². The van der Waals surface area contributed by atoms with Crippen molar-refractivity contribution in [2.24, 2.45) is 5.73 Å². The van der Waals surface area contributed by atoms with E-state index in [1.807, 2.05) is 11.9 Å². The highest BCUT2D eigenvalue weighted by molar-refractivity contribution is 5.85. The van der Waals surface area contributed by atoms with Gasteiger partial charge in [-0.25, -0.2) is 0 Å². The first-order chi connectivity index (χ1) is 7.86. The van der Waals surface area contributed by atoms with Gasteiger partial charge in [0, 0.05) is 26.2 Å². The van der Waals surface area contributed by atoms with E-state index in [1.54, 1.807) is 13.8 Å². The van der Waals surface area contributed by atoms with Gasteiger partial charge in [-0.3, -0.25) is 4.79 Å². The van der Waals surface area contributed by atoms with E-state index in [4.69, 9.17) is 5.73 Å². The van der Waals surface area contributed by atoms with Crippen molar-refractivity contribution in [3.05, 3.63) is 0 Å². The first kappa shape index (κ1) is 14.5. The number of nitrogens with two attached hydrogens (primary N) is 1. The van der Waals surface area contributed by atoms with Crippen molar-refractivity contribution in [3.63, 3.8) is 0 Å². The monoisotopic (exact) mass is 241 g/mol. The van der Waals surface area contributed by atoms with Gasteiger partial charge in [-0.15, -0.1) is 0 Å². The molecule has 1 heterocycles. The van der Waals surface area contributed by atoms with E-state index in [-0.39, 0.29) is 5.91 Å². The fraction of sp³-hybridized carbons (Fsp3) is 0.923. The molecule has 0 aromatic rings. The SMILES string of the molecule is CCCN1CCC(N(C)C(=O)C(C)(C)N)CC1. The normalized spacial score (nSPS) is 19.4. The zero-order valence-corrected chi connectivity index (χ0v) is 11.7. The Labute approximate surface area is 105 Å². The van der Waals surface area contributed by atoms with Crippen LogP contribution in [0.4, 0.5) is 0 Å². The van der Waals surface area contributed by atoms with Crippen LogP contribution in [-0.4, -0.2) is 54.0 Å². The molecule has 4 heteroatoms. The summed E-state index contributed by atoms with van der Waals surface area (Å²) < 4.78 is 0. The fourth-order valence-corrected chi connectivity index (χ4v) is 2.47. The molecule has 0 unspecified atom stereocenters. The minimum Gasteiger partial charge on any atom is -0.341 e. The average molecular weight is 241 g/mol. The second kappa shape index (κ2) is 5.83. The molecule has 4 nitrogen and oxygen atoms in total. The van der Waals surface area contributed by atoms with Crippen LogP contribution in [0.5, 0.6) is 0 Å². The van der Waals surface area contributed by atoms with Crippen LogP contribution in [0.1, 0.15) is 40.0 Å². The Morgan fingerprint density at radius 1 is 1.41 bits per heavy atom. The molecular formula is C13H27N3O. The Hall–Kier alpha value is -0.610. The summed E-state index contributed by atoms with van der Waals surface area (Å²) in [7, 11) is 1.89. The third-order valence-corrected chi connectivity index (χ3v) is 3.52. The molecular weight excluding hydrogens is 214 g/mol. The Morgan fingerprint density at radius 2 is 1.94 bits per heavy atom. The molecule has 17 heavy (non-hydrogen) atoms. The first-order valence-electron chi connectivity index (χ1n) is 6.64. The summed E-state index contributed by atoms with van der Waals surface area (Å²) in [5, 5.41) is 0. The van der Waals surface area contributed by atoms with Crippen LogP contribution in [0.3, 0.4) is 0 Å². The highest BCUT2D eigenvalue weighted by Gasteiger charge is 2.31. The number of carbonyl (C=O) groups is 1. The van der Waals surface area contributed by atoms with Crippen molar-refractivity contribution in [1.29, 1.82) is 0 Å². The van der Waals surface area contributed by atoms with Crippen LogP contribution >= 0.6 is 0 Å². The second-order valence-corrected chi connectivity index (χ2v) is 5.71. The lowest BCUT2D eigenvalue weighted by atomic mass is 9.99. The molecule has 0 aromatic carbocycles. The van der Waals surface area contributed by atoms with E-state index in [1.165, 1.54) is 13.0 Å². The molecule has 0 spiro atoms. The smallest absolute Gasteiger partial charge is 0.242 e. The predicted molar refractivity (Wildman–Crippen MR) is 70.8 cm³/mol. The number of piperidine rings is 1. The number of nitrogens with zero attached hydrogens (tertiary/aromatic N) is 2. The van der Waals surface area contributed by atoms with E-state index in [9.17, 15) is 4.79 Å². The number of amides is 1. The predicted octanol–water partition coefficient (Wildman–Crippen LogP) is 1.06. The maximum Gasteiger partial charge on any atom is 0.242 e. The number of rotatable bonds is 4. The first-order valence-corrected chi connectivity index (χ1v) is 6.64. The van der Waals surface area contributed by atoms with Gasteiger partial charge in [0.05, 0.1) is 5.54 Å². The molecule has 1 aliphatic heterocycles. The molecule has 0 bridgehead atoms. The third kappa shape index (κ3) is 3.96. The standard InChI is InChI=1S/C13H27N3O/c1-5-8-16-9-6-11(7-10-16)15(4)12(17)13(2,3)14/h11H,5-10,14H2,1-4H3. The minimum atomic E-state index is -0.755. The largest absolute Gasteiger partial charge is 0.341 e. The molecule has 0 aliphatic carbocycles. The second-order valence-electron chi connectivity index (χ2n) is 5.71. The summed E-state index contributed by atoms with van der Waals surface area (Å²) in [5.74, 6) is 0.0476. The van der Waals surface area contributed by atoms with Gasteiger partial charge < -0.3 is 15.5 Å². The lowest BCUT2D eigenvalue weighted by Gasteiger charge is -2.38. The van der Waals surface area contributed by atoms with Crippen molar-refractivity contribution in [2.45, 2.75) is 51.6 Å². The fourth-order valence-electron chi connectivity index (χ4n) is 2.47. The van der Waals surface area contributed by atoms with E-state index in [2.05, 4.69) is 11.8 Å². The van der Waals surface area contributed by atoms with Crippen molar-refractivity contribution >= 4 is 5.91 Å². The van der Waals surface area contributed by atoms with E-state index >= 15 is 0 Å². The van der Waals surface area contributed by atoms with Gasteiger partial charge in [0.25, 0.3) is 0 Å². The zero-order valence-electron chi connectivity index (χ0n) is 11.7. The minimum absolute atomic E-state index is 0.0476. The summed E-state index contributed by atoms with van der Waals surface area (Å²) in [6, 6.07) is 0.360. The summed E-state index contributed by atoms with van der Waals surface area (Å²) in [6.07, 6.45) is 3.34. The number of likely N-dealkylation sites (tertiary alicyclic amines) is 1. The molecule has 2 N–H and O–H groups in total. The highest BCUT2D eigenvalue weighted by Crippen LogP contribution is 2.17. The van der Waals surface area contributed by atoms with Crippen molar-refractivity contribution in [2.75, 3.05) is 26.7 Å². The third-order valence-electron chi connectivity index (χ3n) is 3.52. The van der Waals surface area contributed by atoms with E-state index in [0.717, 1.165) is 25.9 Å². The molecule has 1 rings (SSSR count). The molecule has 1 aliphatic rings. The van der Waals surface area contributed by atoms with E-state index in [0.29, 0.717) is 6.04 Å². The zero-order chi connectivity index (χ0) is 13.1. The molecule has 1 amide bonds. The van der Waals surface area contributed by atoms with Crippen LogP contribution < -0.4 is 5.73 Å². The van der Waals surface area contributed by atoms with Gasteiger partial charge in [-0.1, -0.05) is 6.92 Å². The lowest BCUT2D eigenvalue weighted by Crippen LogP contribution is -2.54. The summed E-state index contributed by atoms with van der Waals surface area (Å²) >= 11 is 0. The molecule has 0 saturated carbocycles. The van der Waals surface area contributed by atoms with Gasteiger partial charge in [-0.2, -0.15) is 0 Å². The molecule has 1 fully saturated rings. The van der Waals surface area contributed by atoms with Crippen molar-refractivity contribution in [3.8, 4) is 0 Å². The van der Waals surface area contributed by atoms with Crippen molar-refractivity contribution in [1.82, 2.24) is 9.80 Å². The Balaban J connectivity index is 2.46. The van der Waals surface area contributed by atoms with Crippen LogP contribution in [0, 0.1) is 0 Å². The molecule has 0 radical (unpaired) electrons. The maximum absolute atomic E-state index is 12.1. The van der Waals surface area contributed by atoms with Gasteiger partial charge in [0.2, 0.25) is 5.91 Å². The lowest BCUT2D eigenvalue weighted by molar-refractivity contribution is -0.137. The Morgan fingerprint density at radius 3 is 2.35 bits per heavy atom. The average Bonchev–Trinajstić information content (AvgIpc) is 2.27. The van der Waals surface area contributed by atoms with Crippen LogP contribution in [-0.2, 0) is 4.79 Å². The number of hydrogen-bond acceptors (Lipinski definition) is 3. The van der Waals surface area contributed by atoms with Crippen LogP contribution in [0.25, 0.3) is 0 Å².